The summed E-state index contributed by atoms with van der Waals surface area (Å²) in [6.07, 6.45) is 2.85. The van der Waals surface area contributed by atoms with Crippen LogP contribution in [-0.4, -0.2) is 4.98 Å². The van der Waals surface area contributed by atoms with Gasteiger partial charge in [-0.05, 0) is 18.1 Å². The van der Waals surface area contributed by atoms with E-state index >= 15 is 0 Å². The average molecular weight is 224 g/mol. The van der Waals surface area contributed by atoms with Crippen molar-refractivity contribution < 1.29 is 0 Å². The van der Waals surface area contributed by atoms with Gasteiger partial charge in [-0.2, -0.15) is 0 Å². The number of fused-ring (bicyclic) bond motifs is 3. The molecule has 4 N–H and O–H groups in total. The third-order valence-electron chi connectivity index (χ3n) is 2.99. The highest BCUT2D eigenvalue weighted by Crippen LogP contribution is 2.27. The maximum Gasteiger partial charge on any atom is 0.0500 e. The van der Waals surface area contributed by atoms with Crippen LogP contribution in [0.5, 0.6) is 0 Å². The first-order chi connectivity index (χ1) is 7.90. The van der Waals surface area contributed by atoms with Gasteiger partial charge in [-0.25, -0.2) is 0 Å². The zero-order chi connectivity index (χ0) is 11.0. The Bertz CT molecular complexity index is 665. The van der Waals surface area contributed by atoms with Crippen molar-refractivity contribution in [3.63, 3.8) is 0 Å². The smallest absolute Gasteiger partial charge is 0.0500 e. The van der Waals surface area contributed by atoms with Gasteiger partial charge in [0.05, 0.1) is 5.52 Å². The minimum atomic E-state index is 0. The van der Waals surface area contributed by atoms with E-state index in [2.05, 4.69) is 54.0 Å². The summed E-state index contributed by atoms with van der Waals surface area (Å²) < 4.78 is 0. The van der Waals surface area contributed by atoms with Gasteiger partial charge in [0.2, 0.25) is 0 Å². The Morgan fingerprint density at radius 1 is 1.00 bits per heavy atom. The van der Waals surface area contributed by atoms with Gasteiger partial charge in [-0.15, -0.1) is 6.58 Å². The molecule has 1 aromatic heterocycles. The molecule has 0 radical (unpaired) electrons. The average Bonchev–Trinajstić information content (AvgIpc) is 2.69. The molecule has 2 nitrogen and oxygen atoms in total. The van der Waals surface area contributed by atoms with E-state index in [0.29, 0.717) is 0 Å². The molecule has 17 heavy (non-hydrogen) atoms. The SMILES string of the molecule is C=CCc1cccc2c1[nH]c1ccccc12.N. The van der Waals surface area contributed by atoms with Crippen LogP contribution in [0, 0.1) is 0 Å². The lowest BCUT2D eigenvalue weighted by atomic mass is 10.1. The van der Waals surface area contributed by atoms with E-state index in [0.717, 1.165) is 6.42 Å². The number of allylic oxidation sites excluding steroid dienone is 1. The highest BCUT2D eigenvalue weighted by atomic mass is 14.7. The number of hydrogen-bond donors (Lipinski definition) is 2. The largest absolute Gasteiger partial charge is 0.354 e. The molecule has 2 aromatic carbocycles. The van der Waals surface area contributed by atoms with E-state index in [1.807, 2.05) is 6.08 Å². The van der Waals surface area contributed by atoms with Crippen molar-refractivity contribution in [2.24, 2.45) is 0 Å². The van der Waals surface area contributed by atoms with Crippen LogP contribution >= 0.6 is 0 Å². The van der Waals surface area contributed by atoms with Crippen LogP contribution in [-0.2, 0) is 6.42 Å². The second-order valence-electron chi connectivity index (χ2n) is 4.00. The number of aromatic amines is 1. The van der Waals surface area contributed by atoms with Crippen LogP contribution in [0.15, 0.2) is 55.1 Å². The summed E-state index contributed by atoms with van der Waals surface area (Å²) in [5, 5.41) is 2.60. The van der Waals surface area contributed by atoms with Crippen LogP contribution < -0.4 is 6.15 Å². The topological polar surface area (TPSA) is 50.8 Å². The summed E-state index contributed by atoms with van der Waals surface area (Å²) in [6.45, 7) is 3.80. The molecule has 0 saturated carbocycles. The van der Waals surface area contributed by atoms with E-state index in [4.69, 9.17) is 0 Å². The van der Waals surface area contributed by atoms with Crippen LogP contribution in [0.3, 0.4) is 0 Å². The second-order valence-corrected chi connectivity index (χ2v) is 4.00. The van der Waals surface area contributed by atoms with E-state index in [1.165, 1.54) is 27.4 Å². The van der Waals surface area contributed by atoms with Crippen molar-refractivity contribution in [3.05, 3.63) is 60.7 Å². The minimum absolute atomic E-state index is 0. The highest BCUT2D eigenvalue weighted by Gasteiger charge is 2.05. The molecule has 86 valence electrons. The van der Waals surface area contributed by atoms with Crippen molar-refractivity contribution in [2.45, 2.75) is 6.42 Å². The molecule has 0 atom stereocenters. The molecular weight excluding hydrogens is 208 g/mol. The number of rotatable bonds is 2. The Morgan fingerprint density at radius 2 is 1.76 bits per heavy atom. The van der Waals surface area contributed by atoms with Crippen molar-refractivity contribution >= 4 is 21.8 Å². The van der Waals surface area contributed by atoms with Gasteiger partial charge < -0.3 is 11.1 Å². The normalized spacial score (nSPS) is 10.4. The Labute approximate surface area is 101 Å². The molecule has 0 saturated heterocycles. The van der Waals surface area contributed by atoms with Gasteiger partial charge in [0.25, 0.3) is 0 Å². The molecule has 0 spiro atoms. The molecule has 3 rings (SSSR count). The molecule has 2 heteroatoms. The highest BCUT2D eigenvalue weighted by molar-refractivity contribution is 6.08. The Balaban J connectivity index is 0.00000108. The fraction of sp³-hybridized carbons (Fsp3) is 0.0667. The van der Waals surface area contributed by atoms with Crippen LogP contribution in [0.2, 0.25) is 0 Å². The minimum Gasteiger partial charge on any atom is -0.354 e. The van der Waals surface area contributed by atoms with E-state index in [1.54, 1.807) is 0 Å². The lowest BCUT2D eigenvalue weighted by Gasteiger charge is -1.98. The number of hydrogen-bond acceptors (Lipinski definition) is 1. The zero-order valence-corrected chi connectivity index (χ0v) is 9.74. The third-order valence-corrected chi connectivity index (χ3v) is 2.99. The second kappa shape index (κ2) is 4.44. The summed E-state index contributed by atoms with van der Waals surface area (Å²) in [4.78, 5) is 3.48. The summed E-state index contributed by atoms with van der Waals surface area (Å²) in [6, 6.07) is 14.8. The number of nitrogens with one attached hydrogen (secondary N) is 1. The maximum atomic E-state index is 3.80. The monoisotopic (exact) mass is 224 g/mol. The number of H-pyrrole nitrogens is 1. The molecule has 0 amide bonds. The molecule has 3 aromatic rings. The van der Waals surface area contributed by atoms with E-state index in [9.17, 15) is 0 Å². The quantitative estimate of drug-likeness (QED) is 0.629. The van der Waals surface area contributed by atoms with E-state index in [-0.39, 0.29) is 6.15 Å². The predicted octanol–water partition coefficient (Wildman–Crippen LogP) is 4.21. The lowest BCUT2D eigenvalue weighted by Crippen LogP contribution is -1.82. The van der Waals surface area contributed by atoms with Crippen LogP contribution in [0.4, 0.5) is 0 Å². The van der Waals surface area contributed by atoms with Gasteiger partial charge in [-0.3, -0.25) is 0 Å². The van der Waals surface area contributed by atoms with Crippen molar-refractivity contribution in [1.82, 2.24) is 11.1 Å². The third kappa shape index (κ3) is 1.73. The van der Waals surface area contributed by atoms with Crippen molar-refractivity contribution in [1.29, 1.82) is 0 Å². The lowest BCUT2D eigenvalue weighted by molar-refractivity contribution is 1.29. The molecule has 0 aliphatic heterocycles. The Kier molecular flexibility index (Phi) is 2.98. The molecule has 1 heterocycles. The van der Waals surface area contributed by atoms with E-state index < -0.39 is 0 Å². The fourth-order valence-electron chi connectivity index (χ4n) is 2.26. The van der Waals surface area contributed by atoms with Gasteiger partial charge >= 0.3 is 0 Å². The molecule has 0 aliphatic rings. The van der Waals surface area contributed by atoms with Crippen molar-refractivity contribution in [2.75, 3.05) is 0 Å². The van der Waals surface area contributed by atoms with Gasteiger partial charge in [-0.1, -0.05) is 42.5 Å². The first kappa shape index (κ1) is 11.4. The van der Waals surface area contributed by atoms with Crippen LogP contribution in [0.1, 0.15) is 5.56 Å². The summed E-state index contributed by atoms with van der Waals surface area (Å²) >= 11 is 0. The molecule has 0 aliphatic carbocycles. The summed E-state index contributed by atoms with van der Waals surface area (Å²) in [5.74, 6) is 0. The van der Waals surface area contributed by atoms with Gasteiger partial charge in [0.15, 0.2) is 0 Å². The molecule has 0 fully saturated rings. The number of benzene rings is 2. The Morgan fingerprint density at radius 3 is 2.59 bits per heavy atom. The number of para-hydroxylation sites is 2. The maximum absolute atomic E-state index is 3.80. The van der Waals surface area contributed by atoms with Gasteiger partial charge in [0, 0.05) is 16.3 Å². The fourth-order valence-corrected chi connectivity index (χ4v) is 2.26. The zero-order valence-electron chi connectivity index (χ0n) is 9.74. The van der Waals surface area contributed by atoms with Crippen LogP contribution in [0.25, 0.3) is 21.8 Å². The standard InChI is InChI=1S/C15H13N.H3N/c1-2-6-11-7-5-9-13-12-8-3-4-10-14(12)16-15(11)13;/h2-5,7-10,16H,1,6H2;1H3. The predicted molar refractivity (Wildman–Crippen MR) is 74.7 cm³/mol. The molecular formula is C15H16N2. The summed E-state index contributed by atoms with van der Waals surface area (Å²) in [5.41, 5.74) is 3.75. The molecule has 0 bridgehead atoms. The van der Waals surface area contributed by atoms with Crippen molar-refractivity contribution in [3.8, 4) is 0 Å². The first-order valence-corrected chi connectivity index (χ1v) is 5.49. The summed E-state index contributed by atoms with van der Waals surface area (Å²) in [7, 11) is 0. The first-order valence-electron chi connectivity index (χ1n) is 5.49. The number of aromatic nitrogens is 1. The Hall–Kier alpha value is -2.06. The molecule has 0 unspecified atom stereocenters. The van der Waals surface area contributed by atoms with Gasteiger partial charge in [0.1, 0.15) is 0 Å².